The molecule has 0 spiro atoms. The van der Waals surface area contributed by atoms with Crippen LogP contribution in [0, 0.1) is 11.8 Å². The molecule has 0 unspecified atom stereocenters. The van der Waals surface area contributed by atoms with Gasteiger partial charge in [0, 0.05) is 38.0 Å². The summed E-state index contributed by atoms with van der Waals surface area (Å²) in [6, 6.07) is 0. The number of rotatable bonds is 2. The van der Waals surface area contributed by atoms with Crippen LogP contribution in [0.4, 0.5) is 0 Å². The van der Waals surface area contributed by atoms with Crippen molar-refractivity contribution >= 4 is 11.8 Å². The van der Waals surface area contributed by atoms with Crippen LogP contribution in [0.2, 0.25) is 0 Å². The Morgan fingerprint density at radius 3 is 2.24 bits per heavy atom. The van der Waals surface area contributed by atoms with Crippen molar-refractivity contribution in [3.05, 3.63) is 0 Å². The second-order valence-corrected chi connectivity index (χ2v) is 7.12. The molecule has 2 fully saturated rings. The summed E-state index contributed by atoms with van der Waals surface area (Å²) >= 11 is 0. The van der Waals surface area contributed by atoms with E-state index in [9.17, 15) is 9.59 Å². The fourth-order valence-electron chi connectivity index (χ4n) is 3.17. The molecule has 0 radical (unpaired) electrons. The zero-order valence-corrected chi connectivity index (χ0v) is 13.7. The van der Waals surface area contributed by atoms with Crippen molar-refractivity contribution in [3.8, 4) is 0 Å². The predicted octanol–water partition coefficient (Wildman–Crippen LogP) is 1.52. The van der Waals surface area contributed by atoms with Crippen molar-refractivity contribution < 1.29 is 14.3 Å². The van der Waals surface area contributed by atoms with Crippen molar-refractivity contribution in [3.63, 3.8) is 0 Å². The number of nitrogens with zero attached hydrogens (tertiary/aromatic N) is 2. The summed E-state index contributed by atoms with van der Waals surface area (Å²) < 4.78 is 5.66. The van der Waals surface area contributed by atoms with Crippen LogP contribution >= 0.6 is 0 Å². The Hall–Kier alpha value is -1.10. The number of morpholine rings is 1. The summed E-state index contributed by atoms with van der Waals surface area (Å²) in [6.45, 7) is 11.3. The van der Waals surface area contributed by atoms with Crippen LogP contribution in [0.1, 0.15) is 40.5 Å². The third-order valence-electron chi connectivity index (χ3n) is 4.39. The zero-order valence-electron chi connectivity index (χ0n) is 13.7. The number of likely N-dealkylation sites (tertiary alicyclic amines) is 1. The second-order valence-electron chi connectivity index (χ2n) is 7.12. The highest BCUT2D eigenvalue weighted by Gasteiger charge is 2.35. The number of piperidine rings is 1. The summed E-state index contributed by atoms with van der Waals surface area (Å²) in [7, 11) is 0. The Bertz CT molecular complexity index is 398. The van der Waals surface area contributed by atoms with Crippen molar-refractivity contribution in [2.45, 2.75) is 46.1 Å². The Morgan fingerprint density at radius 1 is 1.10 bits per heavy atom. The van der Waals surface area contributed by atoms with Gasteiger partial charge in [-0.2, -0.15) is 0 Å². The third kappa shape index (κ3) is 3.96. The van der Waals surface area contributed by atoms with Crippen molar-refractivity contribution in [2.75, 3.05) is 32.8 Å². The van der Waals surface area contributed by atoms with E-state index in [4.69, 9.17) is 4.74 Å². The van der Waals surface area contributed by atoms with Gasteiger partial charge in [-0.25, -0.2) is 0 Å². The van der Waals surface area contributed by atoms with Crippen LogP contribution in [0.5, 0.6) is 0 Å². The van der Waals surface area contributed by atoms with Gasteiger partial charge < -0.3 is 14.5 Å². The lowest BCUT2D eigenvalue weighted by Gasteiger charge is -2.41. The summed E-state index contributed by atoms with van der Waals surface area (Å²) in [5, 5.41) is 0. The third-order valence-corrected chi connectivity index (χ3v) is 4.39. The van der Waals surface area contributed by atoms with E-state index in [0.717, 1.165) is 12.8 Å². The molecule has 0 bridgehead atoms. The van der Waals surface area contributed by atoms with Gasteiger partial charge in [-0.15, -0.1) is 0 Å². The highest BCUT2D eigenvalue weighted by Crippen LogP contribution is 2.24. The van der Waals surface area contributed by atoms with E-state index in [0.29, 0.717) is 32.8 Å². The molecule has 5 heteroatoms. The van der Waals surface area contributed by atoms with Gasteiger partial charge in [0.05, 0.1) is 12.2 Å². The number of ether oxygens (including phenoxy) is 1. The van der Waals surface area contributed by atoms with Crippen molar-refractivity contribution in [1.82, 2.24) is 9.80 Å². The van der Waals surface area contributed by atoms with Gasteiger partial charge in [0.2, 0.25) is 11.8 Å². The Morgan fingerprint density at radius 2 is 1.71 bits per heavy atom. The first-order valence-corrected chi connectivity index (χ1v) is 8.02. The van der Waals surface area contributed by atoms with E-state index < -0.39 is 0 Å². The lowest BCUT2D eigenvalue weighted by atomic mass is 9.93. The summed E-state index contributed by atoms with van der Waals surface area (Å²) in [5.74, 6) is 0.545. The van der Waals surface area contributed by atoms with Gasteiger partial charge in [-0.3, -0.25) is 9.59 Å². The number of hydrogen-bond donors (Lipinski definition) is 0. The van der Waals surface area contributed by atoms with Gasteiger partial charge in [0.1, 0.15) is 0 Å². The standard InChI is InChI=1S/C16H28N2O3/c1-12(2)14(19)17-7-5-13(6-8-17)15(20)18-9-10-21-16(3,4)11-18/h12-13H,5-11H2,1-4H3. The Balaban J connectivity index is 1.87. The number of hydrogen-bond acceptors (Lipinski definition) is 3. The molecule has 2 aliphatic rings. The molecule has 2 amide bonds. The van der Waals surface area contributed by atoms with Crippen molar-refractivity contribution in [1.29, 1.82) is 0 Å². The van der Waals surface area contributed by atoms with Crippen LogP contribution in [0.25, 0.3) is 0 Å². The smallest absolute Gasteiger partial charge is 0.225 e. The van der Waals surface area contributed by atoms with E-state index in [-0.39, 0.29) is 29.3 Å². The van der Waals surface area contributed by atoms with E-state index in [1.807, 2.05) is 37.5 Å². The minimum absolute atomic E-state index is 0.0392. The van der Waals surface area contributed by atoms with Gasteiger partial charge in [0.25, 0.3) is 0 Å². The molecule has 0 saturated carbocycles. The molecule has 0 aromatic heterocycles. The first-order chi connectivity index (χ1) is 9.80. The second kappa shape index (κ2) is 6.34. The normalized spacial score (nSPS) is 23.5. The molecular formula is C16H28N2O3. The van der Waals surface area contributed by atoms with Crippen LogP contribution in [-0.4, -0.2) is 60.0 Å². The molecule has 21 heavy (non-hydrogen) atoms. The largest absolute Gasteiger partial charge is 0.372 e. The van der Waals surface area contributed by atoms with E-state index in [2.05, 4.69) is 0 Å². The molecule has 0 atom stereocenters. The molecule has 0 aliphatic carbocycles. The Kier molecular flexibility index (Phi) is 4.91. The Labute approximate surface area is 127 Å². The first kappa shape index (κ1) is 16.3. The molecule has 2 saturated heterocycles. The first-order valence-electron chi connectivity index (χ1n) is 8.02. The number of carbonyl (C=O) groups is 2. The SMILES string of the molecule is CC(C)C(=O)N1CCC(C(=O)N2CCOC(C)(C)C2)CC1. The minimum Gasteiger partial charge on any atom is -0.372 e. The van der Waals surface area contributed by atoms with E-state index in [1.54, 1.807) is 0 Å². The fourth-order valence-corrected chi connectivity index (χ4v) is 3.17. The topological polar surface area (TPSA) is 49.9 Å². The minimum atomic E-state index is -0.248. The molecule has 2 aliphatic heterocycles. The van der Waals surface area contributed by atoms with Gasteiger partial charge in [-0.1, -0.05) is 13.8 Å². The van der Waals surface area contributed by atoms with Crippen molar-refractivity contribution in [2.24, 2.45) is 11.8 Å². The number of amides is 2. The van der Waals surface area contributed by atoms with Crippen LogP contribution in [0.3, 0.4) is 0 Å². The summed E-state index contributed by atoms with van der Waals surface area (Å²) in [5.41, 5.74) is -0.248. The molecule has 120 valence electrons. The quantitative estimate of drug-likeness (QED) is 0.776. The summed E-state index contributed by atoms with van der Waals surface area (Å²) in [6.07, 6.45) is 1.57. The highest BCUT2D eigenvalue weighted by molar-refractivity contribution is 5.81. The average Bonchev–Trinajstić information content (AvgIpc) is 2.44. The van der Waals surface area contributed by atoms with Gasteiger partial charge in [-0.05, 0) is 26.7 Å². The molecule has 2 rings (SSSR count). The molecule has 5 nitrogen and oxygen atoms in total. The molecular weight excluding hydrogens is 268 g/mol. The molecule has 0 N–H and O–H groups in total. The van der Waals surface area contributed by atoms with Crippen LogP contribution in [0.15, 0.2) is 0 Å². The molecule has 2 heterocycles. The zero-order chi connectivity index (χ0) is 15.6. The van der Waals surface area contributed by atoms with Crippen LogP contribution in [-0.2, 0) is 14.3 Å². The average molecular weight is 296 g/mol. The number of carbonyl (C=O) groups excluding carboxylic acids is 2. The molecule has 0 aromatic carbocycles. The fraction of sp³-hybridized carbons (Fsp3) is 0.875. The van der Waals surface area contributed by atoms with Gasteiger partial charge in [0.15, 0.2) is 0 Å². The summed E-state index contributed by atoms with van der Waals surface area (Å²) in [4.78, 5) is 28.4. The lowest BCUT2D eigenvalue weighted by Crippen LogP contribution is -2.53. The maximum atomic E-state index is 12.6. The monoisotopic (exact) mass is 296 g/mol. The van der Waals surface area contributed by atoms with E-state index >= 15 is 0 Å². The maximum Gasteiger partial charge on any atom is 0.225 e. The molecule has 0 aromatic rings. The lowest BCUT2D eigenvalue weighted by molar-refractivity contribution is -0.152. The predicted molar refractivity (Wildman–Crippen MR) is 80.8 cm³/mol. The van der Waals surface area contributed by atoms with Crippen LogP contribution < -0.4 is 0 Å². The van der Waals surface area contributed by atoms with Gasteiger partial charge >= 0.3 is 0 Å². The highest BCUT2D eigenvalue weighted by atomic mass is 16.5. The van der Waals surface area contributed by atoms with E-state index in [1.165, 1.54) is 0 Å². The maximum absolute atomic E-state index is 12.6.